The minimum atomic E-state index is -0.108. The van der Waals surface area contributed by atoms with E-state index in [9.17, 15) is 4.79 Å². The number of aromatic amines is 1. The van der Waals surface area contributed by atoms with Gasteiger partial charge < -0.3 is 10.1 Å². The van der Waals surface area contributed by atoms with Gasteiger partial charge in [-0.25, -0.2) is 0 Å². The molecule has 0 saturated heterocycles. The third-order valence-corrected chi connectivity index (χ3v) is 3.52. The lowest BCUT2D eigenvalue weighted by atomic mass is 10.1. The van der Waals surface area contributed by atoms with Crippen molar-refractivity contribution < 1.29 is 9.53 Å². The molecule has 0 fully saturated rings. The molecule has 118 valence electrons. The van der Waals surface area contributed by atoms with Crippen LogP contribution in [0.25, 0.3) is 11.3 Å². The summed E-state index contributed by atoms with van der Waals surface area (Å²) < 4.78 is 5.13. The van der Waals surface area contributed by atoms with Crippen molar-refractivity contribution in [2.45, 2.75) is 32.6 Å². The van der Waals surface area contributed by atoms with Crippen molar-refractivity contribution in [3.63, 3.8) is 0 Å². The van der Waals surface area contributed by atoms with Crippen LogP contribution >= 0.6 is 0 Å². The second-order valence-corrected chi connectivity index (χ2v) is 5.21. The number of aromatic nitrogens is 2. The minimum absolute atomic E-state index is 0.108. The van der Waals surface area contributed by atoms with Crippen LogP contribution in [0.4, 0.5) is 0 Å². The topological polar surface area (TPSA) is 67.0 Å². The Kier molecular flexibility index (Phi) is 6.01. The number of benzene rings is 1. The van der Waals surface area contributed by atoms with E-state index in [1.165, 1.54) is 12.8 Å². The molecule has 22 heavy (non-hydrogen) atoms. The third kappa shape index (κ3) is 4.35. The fraction of sp³-hybridized carbons (Fsp3) is 0.412. The second kappa shape index (κ2) is 8.22. The number of nitrogens with one attached hydrogen (secondary N) is 2. The Bertz CT molecular complexity index is 590. The van der Waals surface area contributed by atoms with E-state index in [1.54, 1.807) is 13.2 Å². The molecule has 5 heteroatoms. The van der Waals surface area contributed by atoms with Gasteiger partial charge >= 0.3 is 0 Å². The Morgan fingerprint density at radius 2 is 2.00 bits per heavy atom. The molecule has 0 aliphatic heterocycles. The molecule has 1 amide bonds. The Labute approximate surface area is 131 Å². The van der Waals surface area contributed by atoms with Crippen molar-refractivity contribution in [3.8, 4) is 17.0 Å². The first-order chi connectivity index (χ1) is 10.7. The van der Waals surface area contributed by atoms with Crippen molar-refractivity contribution in [1.29, 1.82) is 0 Å². The monoisotopic (exact) mass is 301 g/mol. The van der Waals surface area contributed by atoms with Crippen LogP contribution in [0, 0.1) is 0 Å². The Morgan fingerprint density at radius 3 is 2.68 bits per heavy atom. The summed E-state index contributed by atoms with van der Waals surface area (Å²) in [5.41, 5.74) is 2.18. The Hall–Kier alpha value is -2.30. The number of carbonyl (C=O) groups is 1. The molecular weight excluding hydrogens is 278 g/mol. The van der Waals surface area contributed by atoms with Gasteiger partial charge in [0.1, 0.15) is 11.4 Å². The Balaban J connectivity index is 1.91. The second-order valence-electron chi connectivity index (χ2n) is 5.21. The maximum Gasteiger partial charge on any atom is 0.269 e. The van der Waals surface area contributed by atoms with Crippen molar-refractivity contribution in [2.24, 2.45) is 0 Å². The summed E-state index contributed by atoms with van der Waals surface area (Å²) in [6, 6.07) is 9.35. The van der Waals surface area contributed by atoms with Crippen LogP contribution in [0.15, 0.2) is 30.3 Å². The fourth-order valence-electron chi connectivity index (χ4n) is 2.20. The summed E-state index contributed by atoms with van der Waals surface area (Å²) in [6.45, 7) is 2.87. The average Bonchev–Trinajstić information content (AvgIpc) is 3.04. The summed E-state index contributed by atoms with van der Waals surface area (Å²) in [4.78, 5) is 12.0. The van der Waals surface area contributed by atoms with Crippen LogP contribution in [-0.4, -0.2) is 29.8 Å². The zero-order valence-electron chi connectivity index (χ0n) is 13.2. The van der Waals surface area contributed by atoms with Gasteiger partial charge in [0.25, 0.3) is 5.91 Å². The van der Waals surface area contributed by atoms with Crippen molar-refractivity contribution in [2.75, 3.05) is 13.7 Å². The van der Waals surface area contributed by atoms with E-state index in [4.69, 9.17) is 4.74 Å². The molecular formula is C17H23N3O2. The van der Waals surface area contributed by atoms with Gasteiger partial charge in [0.15, 0.2) is 0 Å². The van der Waals surface area contributed by atoms with E-state index in [0.29, 0.717) is 12.2 Å². The predicted octanol–water partition coefficient (Wildman–Crippen LogP) is 3.40. The average molecular weight is 301 g/mol. The lowest BCUT2D eigenvalue weighted by molar-refractivity contribution is 0.0948. The zero-order chi connectivity index (χ0) is 15.8. The maximum atomic E-state index is 12.0. The molecule has 0 aliphatic rings. The number of carbonyl (C=O) groups excluding carboxylic acids is 1. The molecule has 0 radical (unpaired) electrons. The number of hydrogen-bond acceptors (Lipinski definition) is 3. The largest absolute Gasteiger partial charge is 0.497 e. The molecule has 0 aliphatic carbocycles. The number of H-pyrrole nitrogens is 1. The van der Waals surface area contributed by atoms with Crippen LogP contribution in [-0.2, 0) is 0 Å². The highest BCUT2D eigenvalue weighted by molar-refractivity contribution is 5.93. The van der Waals surface area contributed by atoms with E-state index in [1.807, 2.05) is 24.3 Å². The van der Waals surface area contributed by atoms with Crippen LogP contribution in [0.2, 0.25) is 0 Å². The maximum absolute atomic E-state index is 12.0. The van der Waals surface area contributed by atoms with Crippen LogP contribution in [0.1, 0.15) is 43.1 Å². The van der Waals surface area contributed by atoms with Gasteiger partial charge in [0, 0.05) is 12.1 Å². The molecule has 5 nitrogen and oxygen atoms in total. The SMILES string of the molecule is CCCCCCNC(=O)c1cc(-c2ccc(OC)cc2)n[nH]1. The minimum Gasteiger partial charge on any atom is -0.497 e. The molecule has 2 rings (SSSR count). The summed E-state index contributed by atoms with van der Waals surface area (Å²) in [5, 5.41) is 9.90. The summed E-state index contributed by atoms with van der Waals surface area (Å²) in [7, 11) is 1.63. The molecule has 2 aromatic rings. The fourth-order valence-corrected chi connectivity index (χ4v) is 2.20. The summed E-state index contributed by atoms with van der Waals surface area (Å²) in [5.74, 6) is 0.688. The van der Waals surface area contributed by atoms with Gasteiger partial charge in [-0.1, -0.05) is 26.2 Å². The highest BCUT2D eigenvalue weighted by Gasteiger charge is 2.10. The number of nitrogens with zero attached hydrogens (tertiary/aromatic N) is 1. The van der Waals surface area contributed by atoms with E-state index < -0.39 is 0 Å². The highest BCUT2D eigenvalue weighted by atomic mass is 16.5. The van der Waals surface area contributed by atoms with E-state index in [0.717, 1.165) is 29.8 Å². The van der Waals surface area contributed by atoms with Crippen LogP contribution in [0.5, 0.6) is 5.75 Å². The number of ether oxygens (including phenoxy) is 1. The van der Waals surface area contributed by atoms with Crippen molar-refractivity contribution in [1.82, 2.24) is 15.5 Å². The van der Waals surface area contributed by atoms with Crippen LogP contribution in [0.3, 0.4) is 0 Å². The number of methoxy groups -OCH3 is 1. The number of rotatable bonds is 8. The van der Waals surface area contributed by atoms with Gasteiger partial charge in [-0.2, -0.15) is 5.10 Å². The quantitative estimate of drug-likeness (QED) is 0.734. The van der Waals surface area contributed by atoms with Gasteiger partial charge in [0.2, 0.25) is 0 Å². The standard InChI is InChI=1S/C17H23N3O2/c1-3-4-5-6-11-18-17(21)16-12-15(19-20-16)13-7-9-14(22-2)10-8-13/h7-10,12H,3-6,11H2,1-2H3,(H,18,21)(H,19,20). The Morgan fingerprint density at radius 1 is 1.23 bits per heavy atom. The molecule has 0 spiro atoms. The van der Waals surface area contributed by atoms with Gasteiger partial charge in [-0.3, -0.25) is 9.89 Å². The van der Waals surface area contributed by atoms with Crippen molar-refractivity contribution in [3.05, 3.63) is 36.0 Å². The molecule has 1 aromatic heterocycles. The number of hydrogen-bond donors (Lipinski definition) is 2. The normalized spacial score (nSPS) is 10.5. The molecule has 1 heterocycles. The number of unbranched alkanes of at least 4 members (excludes halogenated alkanes) is 3. The van der Waals surface area contributed by atoms with E-state index >= 15 is 0 Å². The van der Waals surface area contributed by atoms with Crippen LogP contribution < -0.4 is 10.1 Å². The van der Waals surface area contributed by atoms with E-state index in [2.05, 4.69) is 22.4 Å². The predicted molar refractivity (Wildman–Crippen MR) is 87.1 cm³/mol. The first kappa shape index (κ1) is 16.1. The first-order valence-electron chi connectivity index (χ1n) is 7.72. The van der Waals surface area contributed by atoms with Gasteiger partial charge in [-0.05, 0) is 36.8 Å². The molecule has 0 bridgehead atoms. The first-order valence-corrected chi connectivity index (χ1v) is 7.72. The molecule has 0 unspecified atom stereocenters. The highest BCUT2D eigenvalue weighted by Crippen LogP contribution is 2.21. The molecule has 1 aromatic carbocycles. The molecule has 0 saturated carbocycles. The summed E-state index contributed by atoms with van der Waals surface area (Å²) in [6.07, 6.45) is 4.57. The molecule has 0 atom stereocenters. The smallest absolute Gasteiger partial charge is 0.269 e. The molecule has 2 N–H and O–H groups in total. The lowest BCUT2D eigenvalue weighted by Gasteiger charge is -2.02. The lowest BCUT2D eigenvalue weighted by Crippen LogP contribution is -2.24. The summed E-state index contributed by atoms with van der Waals surface area (Å²) >= 11 is 0. The zero-order valence-corrected chi connectivity index (χ0v) is 13.2. The third-order valence-electron chi connectivity index (χ3n) is 3.52. The van der Waals surface area contributed by atoms with E-state index in [-0.39, 0.29) is 5.91 Å². The van der Waals surface area contributed by atoms with Gasteiger partial charge in [-0.15, -0.1) is 0 Å². The van der Waals surface area contributed by atoms with Crippen molar-refractivity contribution >= 4 is 5.91 Å². The van der Waals surface area contributed by atoms with Gasteiger partial charge in [0.05, 0.1) is 12.8 Å². The number of amides is 1.